The van der Waals surface area contributed by atoms with Gasteiger partial charge in [0, 0.05) is 46.4 Å². The van der Waals surface area contributed by atoms with Gasteiger partial charge in [0.2, 0.25) is 5.91 Å². The molecular formula is C16H18ClINO3Y-. The van der Waals surface area contributed by atoms with E-state index in [0.717, 1.165) is 11.3 Å². The molecule has 1 aromatic carbocycles. The predicted octanol–water partition coefficient (Wildman–Crippen LogP) is 3.56. The van der Waals surface area contributed by atoms with E-state index < -0.39 is 0 Å². The van der Waals surface area contributed by atoms with Crippen LogP contribution < -0.4 is 4.74 Å². The number of carbonyl (C=O) groups is 1. The van der Waals surface area contributed by atoms with E-state index in [-0.39, 0.29) is 42.5 Å². The van der Waals surface area contributed by atoms with Crippen molar-refractivity contribution in [2.24, 2.45) is 0 Å². The first-order chi connectivity index (χ1) is 10.6. The van der Waals surface area contributed by atoms with Gasteiger partial charge in [0.1, 0.15) is 12.4 Å². The summed E-state index contributed by atoms with van der Waals surface area (Å²) in [4.78, 5) is 14.0. The van der Waals surface area contributed by atoms with E-state index in [1.807, 2.05) is 19.1 Å². The first-order valence-electron chi connectivity index (χ1n) is 7.06. The number of amides is 1. The van der Waals surface area contributed by atoms with Crippen LogP contribution in [0.3, 0.4) is 0 Å². The third-order valence-corrected chi connectivity index (χ3v) is 4.61. The zero-order valence-corrected chi connectivity index (χ0v) is 18.9. The van der Waals surface area contributed by atoms with Crippen LogP contribution >= 0.6 is 34.2 Å². The second-order valence-corrected chi connectivity index (χ2v) is 6.67. The van der Waals surface area contributed by atoms with E-state index in [4.69, 9.17) is 21.1 Å². The zero-order valence-electron chi connectivity index (χ0n) is 13.1. The second-order valence-electron chi connectivity index (χ2n) is 4.76. The third kappa shape index (κ3) is 5.39. The van der Waals surface area contributed by atoms with Crippen LogP contribution in [0.5, 0.6) is 5.75 Å². The molecule has 0 bridgehead atoms. The quantitative estimate of drug-likeness (QED) is 0.248. The summed E-state index contributed by atoms with van der Waals surface area (Å²) in [6.45, 7) is 3.54. The number of benzene rings is 1. The predicted molar refractivity (Wildman–Crippen MR) is 95.3 cm³/mol. The average molecular weight is 524 g/mol. The Morgan fingerprint density at radius 1 is 1.43 bits per heavy atom. The Bertz CT molecular complexity index is 582. The Kier molecular flexibility index (Phi) is 9.60. The molecule has 1 unspecified atom stereocenters. The molecule has 4 nitrogen and oxygen atoms in total. The zero-order chi connectivity index (χ0) is 16.1. The largest absolute Gasteiger partial charge is 0.491 e. The molecule has 7 heteroatoms. The Morgan fingerprint density at radius 3 is 2.78 bits per heavy atom. The van der Waals surface area contributed by atoms with E-state index in [9.17, 15) is 4.79 Å². The van der Waals surface area contributed by atoms with Crippen LogP contribution in [0.15, 0.2) is 18.2 Å². The number of alkyl halides is 1. The van der Waals surface area contributed by atoms with Crippen molar-refractivity contribution in [3.63, 3.8) is 0 Å². The minimum absolute atomic E-state index is 0. The van der Waals surface area contributed by atoms with Gasteiger partial charge >= 0.3 is 0 Å². The number of halogens is 2. The van der Waals surface area contributed by atoms with E-state index in [1.165, 1.54) is 0 Å². The Hall–Kier alpha value is 0.314. The molecule has 1 radical (unpaired) electrons. The minimum Gasteiger partial charge on any atom is -0.491 e. The number of methoxy groups -OCH3 is 1. The van der Waals surface area contributed by atoms with Gasteiger partial charge in [0.15, 0.2) is 0 Å². The molecule has 123 valence electrons. The summed E-state index contributed by atoms with van der Waals surface area (Å²) in [5.74, 6) is 0.789. The van der Waals surface area contributed by atoms with Crippen LogP contribution in [-0.4, -0.2) is 41.6 Å². The number of allylic oxidation sites excluding steroid dienone is 1. The van der Waals surface area contributed by atoms with Crippen LogP contribution in [0.25, 0.3) is 5.70 Å². The number of rotatable bonds is 6. The molecule has 0 aromatic heterocycles. The van der Waals surface area contributed by atoms with Gasteiger partial charge < -0.3 is 14.4 Å². The molecule has 0 N–H and O–H groups in total. The van der Waals surface area contributed by atoms with E-state index in [1.54, 1.807) is 18.1 Å². The van der Waals surface area contributed by atoms with Gasteiger partial charge in [-0.2, -0.15) is 0 Å². The first kappa shape index (κ1) is 21.4. The Balaban J connectivity index is 0.00000264. The normalized spacial score (nSPS) is 17.6. The Labute approximate surface area is 180 Å². The third-order valence-electron chi connectivity index (χ3n) is 3.32. The van der Waals surface area contributed by atoms with Gasteiger partial charge in [-0.25, -0.2) is 6.08 Å². The van der Waals surface area contributed by atoms with Gasteiger partial charge in [0.25, 0.3) is 0 Å². The van der Waals surface area contributed by atoms with Crippen molar-refractivity contribution >= 4 is 45.8 Å². The summed E-state index contributed by atoms with van der Waals surface area (Å²) >= 11 is 8.52. The van der Waals surface area contributed by atoms with E-state index in [0.29, 0.717) is 37.0 Å². The van der Waals surface area contributed by atoms with Crippen LogP contribution in [0.2, 0.25) is 5.02 Å². The van der Waals surface area contributed by atoms with Gasteiger partial charge in [-0.3, -0.25) is 4.79 Å². The van der Waals surface area contributed by atoms with Crippen molar-refractivity contribution in [3.8, 4) is 5.75 Å². The first-order valence-corrected chi connectivity index (χ1v) is 8.68. The smallest absolute Gasteiger partial charge is 0.235 e. The second kappa shape index (κ2) is 10.3. The maximum Gasteiger partial charge on any atom is 0.235 e. The fraction of sp³-hybridized carbons (Fsp3) is 0.438. The van der Waals surface area contributed by atoms with Crippen molar-refractivity contribution in [1.29, 1.82) is 0 Å². The van der Waals surface area contributed by atoms with Crippen LogP contribution in [0.1, 0.15) is 18.9 Å². The van der Waals surface area contributed by atoms with Crippen molar-refractivity contribution in [1.82, 2.24) is 4.90 Å². The maximum absolute atomic E-state index is 12.3. The molecule has 23 heavy (non-hydrogen) atoms. The van der Waals surface area contributed by atoms with Gasteiger partial charge in [0.05, 0.1) is 10.5 Å². The summed E-state index contributed by atoms with van der Waals surface area (Å²) in [5, 5.41) is 0.551. The van der Waals surface area contributed by atoms with Crippen LogP contribution in [0.4, 0.5) is 0 Å². The molecule has 1 amide bonds. The molecule has 1 aromatic rings. The summed E-state index contributed by atoms with van der Waals surface area (Å²) in [6.07, 6.45) is 3.90. The monoisotopic (exact) mass is 523 g/mol. The van der Waals surface area contributed by atoms with E-state index >= 15 is 0 Å². The molecule has 0 saturated carbocycles. The number of nitrogens with zero attached hydrogens (tertiary/aromatic N) is 1. The summed E-state index contributed by atoms with van der Waals surface area (Å²) in [7, 11) is 1.63. The summed E-state index contributed by atoms with van der Waals surface area (Å²) < 4.78 is 10.4. The average Bonchev–Trinajstić information content (AvgIpc) is 2.51. The molecule has 1 aliphatic rings. The van der Waals surface area contributed by atoms with Crippen molar-refractivity contribution < 1.29 is 47.0 Å². The SMILES string of the molecule is CCN1C(=O)C(I)C[C-]=C1c1ccc(OCCOC)cc1Cl.[Y]. The van der Waals surface area contributed by atoms with Crippen molar-refractivity contribution in [2.75, 3.05) is 26.9 Å². The number of hydrogen-bond acceptors (Lipinski definition) is 3. The fourth-order valence-corrected chi connectivity index (χ4v) is 3.04. The van der Waals surface area contributed by atoms with Crippen molar-refractivity contribution in [2.45, 2.75) is 17.3 Å². The molecule has 0 spiro atoms. The van der Waals surface area contributed by atoms with Gasteiger partial charge in [-0.1, -0.05) is 29.0 Å². The molecule has 0 saturated heterocycles. The molecule has 2 rings (SSSR count). The van der Waals surface area contributed by atoms with Crippen LogP contribution in [-0.2, 0) is 42.2 Å². The molecule has 1 heterocycles. The van der Waals surface area contributed by atoms with Gasteiger partial charge in [-0.15, -0.1) is 28.9 Å². The number of ether oxygens (including phenoxy) is 2. The standard InChI is InChI=1S/C16H18ClINO3.Y/c1-3-19-15(7-6-14(18)16(19)20)12-5-4-11(10-13(12)17)22-9-8-21-2;/h4-5,10,14H,3,6,8-9H2,1-2H3;/q-1;. The molecule has 1 atom stereocenters. The fourth-order valence-electron chi connectivity index (χ4n) is 2.22. The maximum atomic E-state index is 12.3. The van der Waals surface area contributed by atoms with Crippen molar-refractivity contribution in [3.05, 3.63) is 34.9 Å². The summed E-state index contributed by atoms with van der Waals surface area (Å²) in [6, 6.07) is 5.48. The van der Waals surface area contributed by atoms with Crippen LogP contribution in [0, 0.1) is 6.08 Å². The van der Waals surface area contributed by atoms with E-state index in [2.05, 4.69) is 28.7 Å². The molecular weight excluding hydrogens is 505 g/mol. The molecule has 0 aliphatic carbocycles. The van der Waals surface area contributed by atoms with Gasteiger partial charge in [-0.05, 0) is 24.1 Å². The molecule has 1 aliphatic heterocycles. The number of hydrogen-bond donors (Lipinski definition) is 0. The topological polar surface area (TPSA) is 38.8 Å². The molecule has 0 fully saturated rings. The minimum atomic E-state index is -0.0586. The Morgan fingerprint density at radius 2 is 2.17 bits per heavy atom. The summed E-state index contributed by atoms with van der Waals surface area (Å²) in [5.41, 5.74) is 1.56. The number of carbonyl (C=O) groups excluding carboxylic acids is 1.